The lowest BCUT2D eigenvalue weighted by Crippen LogP contribution is -2.36. The summed E-state index contributed by atoms with van der Waals surface area (Å²) in [6, 6.07) is 21.6. The minimum Gasteiger partial charge on any atom is -0.402 e. The number of aliphatic hydroxyl groups excluding tert-OH is 1. The van der Waals surface area contributed by atoms with Crippen molar-refractivity contribution < 1.29 is 37.5 Å². The third-order valence-corrected chi connectivity index (χ3v) is 12.7. The molecule has 334 valence electrons. The Bertz CT molecular complexity index is 1950. The van der Waals surface area contributed by atoms with E-state index in [4.69, 9.17) is 45.1 Å². The predicted octanol–water partition coefficient (Wildman–Crippen LogP) is 10.9. The molecule has 3 heterocycles. The van der Waals surface area contributed by atoms with Gasteiger partial charge in [0.2, 0.25) is 5.60 Å². The lowest BCUT2D eigenvalue weighted by molar-refractivity contribution is -0.0670. The topological polar surface area (TPSA) is 173 Å². The van der Waals surface area contributed by atoms with Gasteiger partial charge >= 0.3 is 7.82 Å². The summed E-state index contributed by atoms with van der Waals surface area (Å²) in [4.78, 5) is 3.99. The van der Waals surface area contributed by atoms with Crippen LogP contribution in [0.1, 0.15) is 127 Å². The second-order valence-electron chi connectivity index (χ2n) is 15.9. The zero-order valence-electron chi connectivity index (χ0n) is 35.7. The average Bonchev–Trinajstić information content (AvgIpc) is 3.86. The number of anilines is 1. The summed E-state index contributed by atoms with van der Waals surface area (Å²) in [5, 5.41) is 26.0. The Morgan fingerprint density at radius 1 is 0.902 bits per heavy atom. The van der Waals surface area contributed by atoms with Crippen molar-refractivity contribution in [2.24, 2.45) is 0 Å². The number of fused-ring (bicyclic) bond motifs is 1. The molecule has 1 saturated heterocycles. The number of ether oxygens (including phenoxy) is 3. The molecule has 13 nitrogen and oxygen atoms in total. The fraction of sp³-hybridized carbons (Fsp3) is 0.587. The maximum Gasteiger partial charge on any atom is 0.530 e. The van der Waals surface area contributed by atoms with Gasteiger partial charge in [0, 0.05) is 13.0 Å². The summed E-state index contributed by atoms with van der Waals surface area (Å²) in [5.41, 5.74) is 5.86. The molecular formula is C46H65ClN5O8P. The number of rotatable bonds is 31. The molecule has 1 aliphatic rings. The number of nitriles is 1. The summed E-state index contributed by atoms with van der Waals surface area (Å²) in [7, 11) is -4.43. The summed E-state index contributed by atoms with van der Waals surface area (Å²) in [6.45, 7) is 2.76. The third-order valence-electron chi connectivity index (χ3n) is 11.0. The lowest BCUT2D eigenvalue weighted by atomic mass is 9.94. The Hall–Kier alpha value is -3.57. The molecule has 0 saturated carbocycles. The average molecular weight is 882 g/mol. The second-order valence-corrected chi connectivity index (χ2v) is 17.9. The molecule has 0 bridgehead atoms. The molecule has 2 aromatic carbocycles. The molecule has 0 aliphatic carbocycles. The van der Waals surface area contributed by atoms with E-state index in [9.17, 15) is 14.9 Å². The molecule has 1 unspecified atom stereocenters. The van der Waals surface area contributed by atoms with E-state index in [1.807, 2.05) is 30.3 Å². The molecule has 2 aromatic heterocycles. The molecule has 0 spiro atoms. The number of nitrogens with two attached hydrogens (primary N) is 1. The zero-order valence-corrected chi connectivity index (χ0v) is 37.4. The highest BCUT2D eigenvalue weighted by Crippen LogP contribution is 2.52. The van der Waals surface area contributed by atoms with Gasteiger partial charge < -0.3 is 29.6 Å². The number of unbranched alkanes of at least 4 members (excludes halogenated alkanes) is 15. The van der Waals surface area contributed by atoms with Gasteiger partial charge in [-0.3, -0.25) is 9.05 Å². The van der Waals surface area contributed by atoms with Gasteiger partial charge in [-0.25, -0.2) is 14.1 Å². The normalized spacial score (nSPS) is 19.2. The molecule has 0 radical (unpaired) electrons. The summed E-state index contributed by atoms with van der Waals surface area (Å²) in [6.07, 6.45) is 19.2. The fourth-order valence-corrected chi connectivity index (χ4v) is 9.01. The quantitative estimate of drug-likeness (QED) is 0.0362. The van der Waals surface area contributed by atoms with Crippen LogP contribution in [0, 0.1) is 11.3 Å². The van der Waals surface area contributed by atoms with E-state index in [1.54, 1.807) is 36.4 Å². The van der Waals surface area contributed by atoms with Gasteiger partial charge in [0.05, 0.1) is 43.2 Å². The summed E-state index contributed by atoms with van der Waals surface area (Å²) in [5.74, 6) is 0.290. The first-order valence-corrected chi connectivity index (χ1v) is 24.0. The summed E-state index contributed by atoms with van der Waals surface area (Å²) < 4.78 is 52.0. The van der Waals surface area contributed by atoms with Crippen molar-refractivity contribution in [3.05, 3.63) is 89.3 Å². The van der Waals surface area contributed by atoms with Crippen molar-refractivity contribution in [2.75, 3.05) is 32.2 Å². The minimum atomic E-state index is -4.43. The first kappa shape index (κ1) is 48.5. The smallest absolute Gasteiger partial charge is 0.402 e. The fourth-order valence-electron chi connectivity index (χ4n) is 7.51. The highest BCUT2D eigenvalue weighted by atomic mass is 35.5. The van der Waals surface area contributed by atoms with E-state index in [0.29, 0.717) is 12.1 Å². The Balaban J connectivity index is 1.11. The molecule has 4 aromatic rings. The van der Waals surface area contributed by atoms with Crippen LogP contribution in [0.15, 0.2) is 73.1 Å². The van der Waals surface area contributed by atoms with Gasteiger partial charge in [-0.15, -0.1) is 0 Å². The Morgan fingerprint density at radius 2 is 1.54 bits per heavy atom. The maximum atomic E-state index is 14.4. The molecule has 1 aliphatic heterocycles. The molecule has 3 N–H and O–H groups in total. The van der Waals surface area contributed by atoms with Gasteiger partial charge in [0.15, 0.2) is 5.82 Å². The first-order chi connectivity index (χ1) is 29.8. The molecule has 61 heavy (non-hydrogen) atoms. The SMILES string of the molecule is CCCCCCCCCCCCCCCCCCOC[C@H](COP(=O)(OC[C@@H]1C[C@@H](O)[C@](C#N)(c2ccc3c(N)ncnn23)O1)Oc1ccccc1Cl)OCc1ccccc1. The van der Waals surface area contributed by atoms with Gasteiger partial charge in [-0.2, -0.15) is 10.4 Å². The number of hydrogen-bond donors (Lipinski definition) is 2. The zero-order chi connectivity index (χ0) is 43.2. The van der Waals surface area contributed by atoms with Crippen molar-refractivity contribution in [1.82, 2.24) is 14.6 Å². The number of benzene rings is 2. The molecule has 15 heteroatoms. The van der Waals surface area contributed by atoms with Crippen molar-refractivity contribution in [3.8, 4) is 11.8 Å². The van der Waals surface area contributed by atoms with Crippen LogP contribution in [-0.4, -0.2) is 64.4 Å². The third kappa shape index (κ3) is 15.3. The van der Waals surface area contributed by atoms with Crippen molar-refractivity contribution in [2.45, 2.75) is 147 Å². The number of hydrogen-bond acceptors (Lipinski definition) is 12. The van der Waals surface area contributed by atoms with E-state index in [-0.39, 0.29) is 55.1 Å². The number of phosphoric acid groups is 1. The molecule has 5 atom stereocenters. The van der Waals surface area contributed by atoms with Crippen LogP contribution in [-0.2, 0) is 40.0 Å². The van der Waals surface area contributed by atoms with Crippen LogP contribution in [0.25, 0.3) is 5.52 Å². The number of aromatic nitrogens is 3. The highest BCUT2D eigenvalue weighted by Gasteiger charge is 2.52. The predicted molar refractivity (Wildman–Crippen MR) is 237 cm³/mol. The standard InChI is InChI=1S/C46H65ClN5O8P/c1-2-3-4-5-6-7-8-9-10-11-12-13-14-15-16-22-29-55-32-39(56-31-37-23-18-17-19-24-37)34-58-61(54,60-42-26-21-20-25-40(42)47)57-33-38-30-44(53)46(35-48,59-38)43-28-27-41-45(49)50-36-51-52(41)43/h17-21,23-28,36,38-39,44,53H,2-16,22,29-34H2,1H3,(H2,49,50,51)/t38-,39+,44+,46-,61?/m0/s1. The maximum absolute atomic E-state index is 14.4. The molecule has 0 amide bonds. The van der Waals surface area contributed by atoms with Crippen LogP contribution in [0.3, 0.4) is 0 Å². The van der Waals surface area contributed by atoms with Gasteiger partial charge in [-0.1, -0.05) is 157 Å². The van der Waals surface area contributed by atoms with Crippen molar-refractivity contribution >= 4 is 30.8 Å². The number of para-hydroxylation sites is 1. The first-order valence-electron chi connectivity index (χ1n) is 22.2. The van der Waals surface area contributed by atoms with E-state index < -0.39 is 31.7 Å². The van der Waals surface area contributed by atoms with E-state index in [1.165, 1.54) is 101 Å². The second kappa shape index (κ2) is 26.1. The van der Waals surface area contributed by atoms with Gasteiger partial charge in [0.1, 0.15) is 35.9 Å². The van der Waals surface area contributed by atoms with E-state index in [2.05, 4.69) is 23.1 Å². The molecule has 1 fully saturated rings. The van der Waals surface area contributed by atoms with Crippen LogP contribution in [0.2, 0.25) is 5.02 Å². The summed E-state index contributed by atoms with van der Waals surface area (Å²) >= 11 is 6.40. The number of aliphatic hydroxyl groups is 1. The Morgan fingerprint density at radius 3 is 2.20 bits per heavy atom. The minimum absolute atomic E-state index is 0.0243. The Labute approximate surface area is 366 Å². The number of phosphoric ester groups is 1. The Kier molecular flexibility index (Phi) is 20.8. The highest BCUT2D eigenvalue weighted by molar-refractivity contribution is 7.48. The monoisotopic (exact) mass is 881 g/mol. The van der Waals surface area contributed by atoms with Gasteiger partial charge in [-0.05, 0) is 36.2 Å². The lowest BCUT2D eigenvalue weighted by Gasteiger charge is -2.25. The number of nitrogens with zero attached hydrogens (tertiary/aromatic N) is 4. The van der Waals surface area contributed by atoms with Crippen molar-refractivity contribution in [3.63, 3.8) is 0 Å². The van der Waals surface area contributed by atoms with Crippen molar-refractivity contribution in [1.29, 1.82) is 5.26 Å². The number of nitrogen functional groups attached to an aromatic ring is 1. The van der Waals surface area contributed by atoms with Crippen LogP contribution >= 0.6 is 19.4 Å². The van der Waals surface area contributed by atoms with E-state index >= 15 is 0 Å². The van der Waals surface area contributed by atoms with Crippen LogP contribution < -0.4 is 10.3 Å². The van der Waals surface area contributed by atoms with Crippen LogP contribution in [0.5, 0.6) is 5.75 Å². The number of halogens is 1. The largest absolute Gasteiger partial charge is 0.530 e. The molecule has 5 rings (SSSR count). The van der Waals surface area contributed by atoms with Gasteiger partial charge in [0.25, 0.3) is 0 Å². The van der Waals surface area contributed by atoms with Crippen LogP contribution in [0.4, 0.5) is 5.82 Å². The molecular weight excluding hydrogens is 817 g/mol. The van der Waals surface area contributed by atoms with E-state index in [0.717, 1.165) is 18.4 Å².